The molecule has 156 valence electrons. The fraction of sp³-hybridized carbons (Fsp3) is 0.350. The van der Waals surface area contributed by atoms with Crippen LogP contribution in [0.4, 0.5) is 5.82 Å². The third-order valence-electron chi connectivity index (χ3n) is 5.04. The minimum atomic E-state index is -0.650. The lowest BCUT2D eigenvalue weighted by molar-refractivity contribution is -0.118. The zero-order chi connectivity index (χ0) is 21.6. The summed E-state index contributed by atoms with van der Waals surface area (Å²) in [5, 5.41) is 11.7. The Bertz CT molecular complexity index is 1150. The molecule has 1 saturated heterocycles. The minimum Gasteiger partial charge on any atom is -0.339 e. The molecule has 0 spiro atoms. The fourth-order valence-corrected chi connectivity index (χ4v) is 3.88. The summed E-state index contributed by atoms with van der Waals surface area (Å²) >= 11 is 6.23. The Morgan fingerprint density at radius 3 is 2.53 bits per heavy atom. The summed E-state index contributed by atoms with van der Waals surface area (Å²) in [7, 11) is 1.79. The summed E-state index contributed by atoms with van der Waals surface area (Å²) < 4.78 is 3.31. The number of aromatic nitrogens is 5. The van der Waals surface area contributed by atoms with Gasteiger partial charge in [0.1, 0.15) is 17.6 Å². The van der Waals surface area contributed by atoms with Crippen molar-refractivity contribution in [1.29, 1.82) is 0 Å². The zero-order valence-electron chi connectivity index (χ0n) is 17.2. The molecule has 0 radical (unpaired) electrons. The predicted molar refractivity (Wildman–Crippen MR) is 112 cm³/mol. The lowest BCUT2D eigenvalue weighted by Crippen LogP contribution is -2.42. The van der Waals surface area contributed by atoms with Gasteiger partial charge in [-0.15, -0.1) is 0 Å². The quantitative estimate of drug-likeness (QED) is 0.687. The number of nitrogens with one attached hydrogen (secondary N) is 1. The van der Waals surface area contributed by atoms with Crippen molar-refractivity contribution in [2.45, 2.75) is 33.2 Å². The van der Waals surface area contributed by atoms with Crippen LogP contribution in [0.1, 0.15) is 34.0 Å². The number of hydrogen-bond acceptors (Lipinski definition) is 5. The minimum absolute atomic E-state index is 0.0596. The lowest BCUT2D eigenvalue weighted by atomic mass is 10.2. The highest BCUT2D eigenvalue weighted by Crippen LogP contribution is 2.23. The molecular formula is C20H22ClN7O2. The average Bonchev–Trinajstić information content (AvgIpc) is 3.32. The van der Waals surface area contributed by atoms with Crippen LogP contribution in [0, 0.1) is 20.8 Å². The van der Waals surface area contributed by atoms with Crippen molar-refractivity contribution in [3.05, 3.63) is 52.1 Å². The number of anilines is 1. The van der Waals surface area contributed by atoms with Crippen LogP contribution in [0.2, 0.25) is 5.02 Å². The number of nitrogens with zero attached hydrogens (tertiary/aromatic N) is 6. The molecule has 4 rings (SSSR count). The maximum Gasteiger partial charge on any atom is 0.272 e. The van der Waals surface area contributed by atoms with Gasteiger partial charge in [0, 0.05) is 25.4 Å². The van der Waals surface area contributed by atoms with Crippen molar-refractivity contribution in [2.24, 2.45) is 7.05 Å². The summed E-state index contributed by atoms with van der Waals surface area (Å²) in [5.74, 6) is 0.513. The van der Waals surface area contributed by atoms with Crippen LogP contribution in [0.5, 0.6) is 0 Å². The van der Waals surface area contributed by atoms with E-state index in [9.17, 15) is 9.59 Å². The summed E-state index contributed by atoms with van der Waals surface area (Å²) in [6.07, 6.45) is 0.490. The van der Waals surface area contributed by atoms with Crippen molar-refractivity contribution >= 4 is 29.2 Å². The van der Waals surface area contributed by atoms with Crippen LogP contribution in [0.15, 0.2) is 24.3 Å². The van der Waals surface area contributed by atoms with Gasteiger partial charge in [-0.05, 0) is 45.4 Å². The molecule has 0 saturated carbocycles. The molecule has 3 aromatic heterocycles. The van der Waals surface area contributed by atoms with E-state index >= 15 is 0 Å². The average molecular weight is 428 g/mol. The predicted octanol–water partition coefficient (Wildman–Crippen LogP) is 2.11. The van der Waals surface area contributed by atoms with Gasteiger partial charge >= 0.3 is 0 Å². The third kappa shape index (κ3) is 3.56. The first-order valence-corrected chi connectivity index (χ1v) is 9.95. The second-order valence-electron chi connectivity index (χ2n) is 7.41. The molecule has 1 unspecified atom stereocenters. The Labute approximate surface area is 178 Å². The van der Waals surface area contributed by atoms with Gasteiger partial charge in [0.2, 0.25) is 0 Å². The fourth-order valence-electron chi connectivity index (χ4n) is 3.69. The highest BCUT2D eigenvalue weighted by Gasteiger charge is 2.35. The number of hydrogen-bond donors (Lipinski definition) is 1. The van der Waals surface area contributed by atoms with Gasteiger partial charge < -0.3 is 5.32 Å². The third-order valence-corrected chi connectivity index (χ3v) is 5.34. The number of amides is 2. The molecule has 2 amide bonds. The molecule has 10 heteroatoms. The Balaban J connectivity index is 1.54. The van der Waals surface area contributed by atoms with E-state index in [0.29, 0.717) is 24.6 Å². The van der Waals surface area contributed by atoms with Crippen LogP contribution in [0.3, 0.4) is 0 Å². The summed E-state index contributed by atoms with van der Waals surface area (Å²) in [6, 6.07) is 6.42. The number of carbonyl (C=O) groups is 2. The maximum absolute atomic E-state index is 12.9. The molecule has 3 aromatic rings. The van der Waals surface area contributed by atoms with E-state index in [-0.39, 0.29) is 16.6 Å². The normalized spacial score (nSPS) is 16.4. The highest BCUT2D eigenvalue weighted by atomic mass is 35.5. The van der Waals surface area contributed by atoms with Gasteiger partial charge in [0.25, 0.3) is 11.8 Å². The summed E-state index contributed by atoms with van der Waals surface area (Å²) in [5.41, 5.74) is 2.62. The van der Waals surface area contributed by atoms with E-state index < -0.39 is 11.9 Å². The Kier molecular flexibility index (Phi) is 5.07. The van der Waals surface area contributed by atoms with E-state index in [2.05, 4.69) is 20.5 Å². The summed E-state index contributed by atoms with van der Waals surface area (Å²) in [4.78, 5) is 31.8. The van der Waals surface area contributed by atoms with Crippen molar-refractivity contribution in [2.75, 3.05) is 11.4 Å². The van der Waals surface area contributed by atoms with E-state index in [1.807, 2.05) is 32.9 Å². The van der Waals surface area contributed by atoms with Crippen LogP contribution in [-0.2, 0) is 11.8 Å². The Morgan fingerprint density at radius 2 is 1.90 bits per heavy atom. The molecule has 1 fully saturated rings. The molecule has 30 heavy (non-hydrogen) atoms. The molecule has 1 N–H and O–H groups in total. The van der Waals surface area contributed by atoms with Gasteiger partial charge in [-0.3, -0.25) is 19.2 Å². The molecule has 1 aliphatic rings. The van der Waals surface area contributed by atoms with Crippen molar-refractivity contribution in [1.82, 2.24) is 29.9 Å². The van der Waals surface area contributed by atoms with Gasteiger partial charge in [-0.1, -0.05) is 11.6 Å². The first-order chi connectivity index (χ1) is 14.2. The van der Waals surface area contributed by atoms with Gasteiger partial charge in [-0.25, -0.2) is 9.67 Å². The lowest BCUT2D eigenvalue weighted by Gasteiger charge is -2.17. The van der Waals surface area contributed by atoms with Gasteiger partial charge in [0.15, 0.2) is 5.82 Å². The topological polar surface area (TPSA) is 97.9 Å². The molecule has 1 aliphatic heterocycles. The zero-order valence-corrected chi connectivity index (χ0v) is 17.9. The van der Waals surface area contributed by atoms with E-state index in [0.717, 1.165) is 17.1 Å². The first kappa shape index (κ1) is 20.1. The van der Waals surface area contributed by atoms with Gasteiger partial charge in [0.05, 0.1) is 16.4 Å². The number of rotatable bonds is 4. The number of pyridine rings is 1. The van der Waals surface area contributed by atoms with Crippen LogP contribution >= 0.6 is 11.6 Å². The van der Waals surface area contributed by atoms with Crippen LogP contribution < -0.4 is 10.2 Å². The highest BCUT2D eigenvalue weighted by molar-refractivity contribution is 6.33. The standard InChI is InChI=1S/C20H22ClN7O2/c1-11-9-13(3)28(25-11)16-6-5-14(21)18(23-16)19(29)22-15-7-8-27(20(15)30)17-10-12(2)24-26(17)4/h5-6,9-10,15H,7-8H2,1-4H3,(H,22,29). The van der Waals surface area contributed by atoms with Crippen molar-refractivity contribution in [3.63, 3.8) is 0 Å². The van der Waals surface area contributed by atoms with Crippen molar-refractivity contribution < 1.29 is 9.59 Å². The molecule has 0 aromatic carbocycles. The largest absolute Gasteiger partial charge is 0.339 e. The molecule has 4 heterocycles. The van der Waals surface area contributed by atoms with Crippen molar-refractivity contribution in [3.8, 4) is 5.82 Å². The van der Waals surface area contributed by atoms with E-state index in [1.54, 1.807) is 33.4 Å². The number of halogens is 1. The maximum atomic E-state index is 12.9. The molecule has 9 nitrogen and oxygen atoms in total. The van der Waals surface area contributed by atoms with E-state index in [1.165, 1.54) is 0 Å². The summed E-state index contributed by atoms with van der Waals surface area (Å²) in [6.45, 7) is 6.15. The molecule has 0 aliphatic carbocycles. The van der Waals surface area contributed by atoms with Crippen LogP contribution in [-0.4, -0.2) is 48.9 Å². The second kappa shape index (κ2) is 7.56. The van der Waals surface area contributed by atoms with Crippen LogP contribution in [0.25, 0.3) is 5.82 Å². The monoisotopic (exact) mass is 427 g/mol. The SMILES string of the molecule is Cc1cc(N2CCC(NC(=O)c3nc(-n4nc(C)cc4C)ccc3Cl)C2=O)n(C)n1. The molecule has 0 bridgehead atoms. The van der Waals surface area contributed by atoms with E-state index in [4.69, 9.17) is 11.6 Å². The smallest absolute Gasteiger partial charge is 0.272 e. The Morgan fingerprint density at radius 1 is 1.17 bits per heavy atom. The second-order valence-corrected chi connectivity index (χ2v) is 7.82. The Hall–Kier alpha value is -3.20. The number of aryl methyl sites for hydroxylation is 4. The number of carbonyl (C=O) groups excluding carboxylic acids is 2. The van der Waals surface area contributed by atoms with Gasteiger partial charge in [-0.2, -0.15) is 10.2 Å². The first-order valence-electron chi connectivity index (χ1n) is 9.57. The molecular weight excluding hydrogens is 406 g/mol. The molecule has 1 atom stereocenters.